The molecule has 9 heteroatoms. The van der Waals surface area contributed by atoms with Gasteiger partial charge < -0.3 is 25.6 Å². The minimum atomic E-state index is -0.486. The second-order valence-electron chi connectivity index (χ2n) is 10.6. The zero-order valence-electron chi connectivity index (χ0n) is 21.5. The van der Waals surface area contributed by atoms with Crippen molar-refractivity contribution in [3.63, 3.8) is 0 Å². The summed E-state index contributed by atoms with van der Waals surface area (Å²) in [6.45, 7) is 7.76. The third-order valence-corrected chi connectivity index (χ3v) is 6.78. The maximum atomic E-state index is 12.4. The number of ether oxygens (including phenoxy) is 1. The number of anilines is 4. The molecule has 194 valence electrons. The lowest BCUT2D eigenvalue weighted by atomic mass is 9.98. The number of rotatable bonds is 3. The van der Waals surface area contributed by atoms with Gasteiger partial charge in [-0.25, -0.2) is 9.78 Å². The predicted molar refractivity (Wildman–Crippen MR) is 147 cm³/mol. The van der Waals surface area contributed by atoms with E-state index in [4.69, 9.17) is 16.3 Å². The number of aryl methyl sites for hydroxylation is 2. The highest BCUT2D eigenvalue weighted by atomic mass is 35.5. The molecular formula is C28H33ClN6O2. The van der Waals surface area contributed by atoms with Crippen LogP contribution in [-0.4, -0.2) is 45.7 Å². The van der Waals surface area contributed by atoms with Crippen LogP contribution in [0.15, 0.2) is 48.7 Å². The molecule has 1 fully saturated rings. The largest absolute Gasteiger partial charge is 0.444 e. The number of carbonyl (C=O) groups is 1. The molecule has 1 amide bonds. The lowest BCUT2D eigenvalue weighted by molar-refractivity contribution is 0.0291. The molecule has 6 bridgehead atoms. The maximum absolute atomic E-state index is 12.4. The number of nitrogens with one attached hydrogen (secondary N) is 3. The molecule has 5 rings (SSSR count). The van der Waals surface area contributed by atoms with Gasteiger partial charge in [-0.15, -0.1) is 0 Å². The van der Waals surface area contributed by atoms with Crippen LogP contribution in [0.1, 0.15) is 43.9 Å². The van der Waals surface area contributed by atoms with Crippen LogP contribution in [0, 0.1) is 0 Å². The van der Waals surface area contributed by atoms with Crippen molar-refractivity contribution in [2.75, 3.05) is 23.7 Å². The number of hydrogen-bond acceptors (Lipinski definition) is 7. The van der Waals surface area contributed by atoms with E-state index in [1.54, 1.807) is 11.1 Å². The van der Waals surface area contributed by atoms with Gasteiger partial charge in [-0.2, -0.15) is 4.98 Å². The Bertz CT molecular complexity index is 1290. The van der Waals surface area contributed by atoms with Crippen LogP contribution >= 0.6 is 11.6 Å². The van der Waals surface area contributed by atoms with E-state index in [1.165, 1.54) is 16.7 Å². The van der Waals surface area contributed by atoms with Gasteiger partial charge >= 0.3 is 6.09 Å². The van der Waals surface area contributed by atoms with Crippen molar-refractivity contribution < 1.29 is 9.53 Å². The van der Waals surface area contributed by atoms with E-state index < -0.39 is 5.60 Å². The highest BCUT2D eigenvalue weighted by Gasteiger charge is 2.29. The predicted octanol–water partition coefficient (Wildman–Crippen LogP) is 5.81. The summed E-state index contributed by atoms with van der Waals surface area (Å²) in [4.78, 5) is 23.1. The van der Waals surface area contributed by atoms with E-state index >= 15 is 0 Å². The lowest BCUT2D eigenvalue weighted by Crippen LogP contribution is -2.38. The molecule has 2 aliphatic heterocycles. The van der Waals surface area contributed by atoms with Crippen LogP contribution in [-0.2, 0) is 24.1 Å². The van der Waals surface area contributed by atoms with Gasteiger partial charge in [-0.05, 0) is 81.0 Å². The number of amides is 1. The molecule has 0 aliphatic carbocycles. The Hall–Kier alpha value is -3.36. The third-order valence-electron chi connectivity index (χ3n) is 6.50. The van der Waals surface area contributed by atoms with Gasteiger partial charge in [0.05, 0.1) is 6.20 Å². The van der Waals surface area contributed by atoms with E-state index in [0.29, 0.717) is 29.9 Å². The van der Waals surface area contributed by atoms with Crippen LogP contribution in [0.2, 0.25) is 5.02 Å². The molecule has 0 unspecified atom stereocenters. The van der Waals surface area contributed by atoms with Crippen molar-refractivity contribution in [3.05, 3.63) is 70.4 Å². The fourth-order valence-corrected chi connectivity index (χ4v) is 4.79. The quantitative estimate of drug-likeness (QED) is 0.401. The fraction of sp³-hybridized carbons (Fsp3) is 0.393. The van der Waals surface area contributed by atoms with E-state index in [0.717, 1.165) is 37.2 Å². The van der Waals surface area contributed by atoms with E-state index in [-0.39, 0.29) is 12.1 Å². The first kappa shape index (κ1) is 25.3. The molecule has 3 N–H and O–H groups in total. The Kier molecular flexibility index (Phi) is 7.22. The molecule has 3 aromatic rings. The molecule has 1 aromatic heterocycles. The molecule has 8 nitrogen and oxygen atoms in total. The molecule has 1 saturated heterocycles. The van der Waals surface area contributed by atoms with Crippen LogP contribution < -0.4 is 16.0 Å². The van der Waals surface area contributed by atoms with Gasteiger partial charge in [0.2, 0.25) is 5.95 Å². The molecule has 1 atom stereocenters. The average molecular weight is 521 g/mol. The number of halogens is 1. The number of benzene rings is 2. The number of nitrogens with zero attached hydrogens (tertiary/aromatic N) is 3. The number of carbonyl (C=O) groups excluding carboxylic acids is 1. The van der Waals surface area contributed by atoms with Gasteiger partial charge in [-0.3, -0.25) is 0 Å². The Morgan fingerprint density at radius 2 is 2.00 bits per heavy atom. The molecule has 0 saturated carbocycles. The summed E-state index contributed by atoms with van der Waals surface area (Å²) in [6, 6.07) is 14.9. The first-order valence-electron chi connectivity index (χ1n) is 12.7. The summed E-state index contributed by atoms with van der Waals surface area (Å²) in [6.07, 6.45) is 4.06. The maximum Gasteiger partial charge on any atom is 0.410 e. The highest BCUT2D eigenvalue weighted by Crippen LogP contribution is 2.28. The lowest BCUT2D eigenvalue weighted by Gasteiger charge is -2.24. The van der Waals surface area contributed by atoms with Gasteiger partial charge in [-0.1, -0.05) is 29.8 Å². The summed E-state index contributed by atoms with van der Waals surface area (Å²) >= 11 is 6.39. The Labute approximate surface area is 222 Å². The summed E-state index contributed by atoms with van der Waals surface area (Å²) < 4.78 is 5.54. The van der Waals surface area contributed by atoms with E-state index in [1.807, 2.05) is 39.0 Å². The van der Waals surface area contributed by atoms with Crippen LogP contribution in [0.25, 0.3) is 0 Å². The smallest absolute Gasteiger partial charge is 0.410 e. The minimum absolute atomic E-state index is 0.230. The van der Waals surface area contributed by atoms with Crippen molar-refractivity contribution in [1.82, 2.24) is 20.2 Å². The van der Waals surface area contributed by atoms with E-state index in [2.05, 4.69) is 50.2 Å². The number of likely N-dealkylation sites (tertiary alicyclic amines) is 1. The van der Waals surface area contributed by atoms with Crippen LogP contribution in [0.4, 0.5) is 27.9 Å². The monoisotopic (exact) mass is 520 g/mol. The zero-order chi connectivity index (χ0) is 26.0. The molecule has 2 aromatic carbocycles. The summed E-state index contributed by atoms with van der Waals surface area (Å²) in [5.74, 6) is 1.04. The molecule has 0 spiro atoms. The second kappa shape index (κ2) is 10.6. The first-order chi connectivity index (χ1) is 17.7. The second-order valence-corrected chi connectivity index (χ2v) is 11.0. The third kappa shape index (κ3) is 6.50. The standard InChI is InChI=1S/C28H33ClN6O2/c1-28(2,3)37-27(36)35-12-11-23(17-35)30-15-20-9-10-22-14-19(20)8-7-18-5-4-6-21(13-18)33-26-31-16-24(29)25(32-22)34-26/h4-6,9-10,13-14,16,23,30H,7-8,11-12,15,17H2,1-3H3,(H2,31,32,33,34)/t23-/m1/s1. The van der Waals surface area contributed by atoms with Crippen molar-refractivity contribution in [1.29, 1.82) is 0 Å². The first-order valence-corrected chi connectivity index (χ1v) is 13.1. The normalized spacial score (nSPS) is 17.1. The number of fused-ring (bicyclic) bond motifs is 6. The van der Waals surface area contributed by atoms with Gasteiger partial charge in [0, 0.05) is 37.1 Å². The highest BCUT2D eigenvalue weighted by molar-refractivity contribution is 6.32. The SMILES string of the molecule is CC(C)(C)OC(=O)N1CC[C@@H](NCc2ccc3cc2CCc2cccc(c2)Nc2ncc(Cl)c(n2)N3)C1. The zero-order valence-corrected chi connectivity index (χ0v) is 22.2. The van der Waals surface area contributed by atoms with Gasteiger partial charge in [0.15, 0.2) is 5.82 Å². The molecular weight excluding hydrogens is 488 g/mol. The molecule has 0 radical (unpaired) electrons. The number of aromatic nitrogens is 2. The van der Waals surface area contributed by atoms with E-state index in [9.17, 15) is 4.79 Å². The van der Waals surface area contributed by atoms with Crippen LogP contribution in [0.5, 0.6) is 0 Å². The molecule has 37 heavy (non-hydrogen) atoms. The fourth-order valence-electron chi connectivity index (χ4n) is 4.65. The Morgan fingerprint density at radius 1 is 1.16 bits per heavy atom. The Morgan fingerprint density at radius 3 is 2.84 bits per heavy atom. The summed E-state index contributed by atoms with van der Waals surface area (Å²) in [7, 11) is 0. The number of hydrogen-bond donors (Lipinski definition) is 3. The minimum Gasteiger partial charge on any atom is -0.444 e. The van der Waals surface area contributed by atoms with Crippen molar-refractivity contribution in [2.24, 2.45) is 0 Å². The molecule has 3 heterocycles. The topological polar surface area (TPSA) is 91.4 Å². The van der Waals surface area contributed by atoms with Gasteiger partial charge in [0.1, 0.15) is 10.6 Å². The Balaban J connectivity index is 1.33. The van der Waals surface area contributed by atoms with Crippen molar-refractivity contribution in [2.45, 2.75) is 58.2 Å². The van der Waals surface area contributed by atoms with Crippen molar-refractivity contribution >= 4 is 40.8 Å². The summed E-state index contributed by atoms with van der Waals surface area (Å²) in [5, 5.41) is 10.7. The van der Waals surface area contributed by atoms with Crippen molar-refractivity contribution in [3.8, 4) is 0 Å². The summed E-state index contributed by atoms with van der Waals surface area (Å²) in [5.41, 5.74) is 5.10. The van der Waals surface area contributed by atoms with Gasteiger partial charge in [0.25, 0.3) is 0 Å². The molecule has 2 aliphatic rings. The average Bonchev–Trinajstić information content (AvgIpc) is 3.32. The van der Waals surface area contributed by atoms with Crippen LogP contribution in [0.3, 0.4) is 0 Å².